The van der Waals surface area contributed by atoms with E-state index in [-0.39, 0.29) is 28.9 Å². The SMILES string of the molecule is O=C1[C@H]2[C@@H](C(=O)N1c1cccc([N+](=O)[O-])c1)[C@]1(c3ccccc3-n3c1nc1ccccc1c3=O)N1CCC[C@@H]21. The Hall–Kier alpha value is -4.70. The highest BCUT2D eigenvalue weighted by Gasteiger charge is 2.73. The molecular formula is C29H21N5O5. The first-order valence-electron chi connectivity index (χ1n) is 13.0. The number of nitro benzene ring substituents is 1. The summed E-state index contributed by atoms with van der Waals surface area (Å²) >= 11 is 0. The quantitative estimate of drug-likeness (QED) is 0.227. The molecule has 0 bridgehead atoms. The number of non-ortho nitro benzene ring substituents is 1. The highest BCUT2D eigenvalue weighted by Crippen LogP contribution is 2.62. The fourth-order valence-electron chi connectivity index (χ4n) is 7.61. The van der Waals surface area contributed by atoms with Crippen molar-refractivity contribution in [1.82, 2.24) is 14.5 Å². The van der Waals surface area contributed by atoms with Crippen LogP contribution in [0.2, 0.25) is 0 Å². The summed E-state index contributed by atoms with van der Waals surface area (Å²) in [5, 5.41) is 11.9. The molecule has 5 heterocycles. The number of imide groups is 1. The lowest BCUT2D eigenvalue weighted by atomic mass is 9.75. The van der Waals surface area contributed by atoms with Gasteiger partial charge in [0.15, 0.2) is 0 Å². The number of hydrogen-bond acceptors (Lipinski definition) is 7. The van der Waals surface area contributed by atoms with Crippen LogP contribution in [-0.2, 0) is 15.1 Å². The highest BCUT2D eigenvalue weighted by molar-refractivity contribution is 6.23. The molecule has 0 aliphatic carbocycles. The van der Waals surface area contributed by atoms with E-state index in [2.05, 4.69) is 4.90 Å². The standard InChI is InChI=1S/C29H21N5O5/c35-25-18-9-1-3-11-20(18)30-28-29(19-10-2-4-12-21(19)33(25)28)24-23(22-13-6-14-31(22)29)26(36)32(27(24)37)16-7-5-8-17(15-16)34(38)39/h1-5,7-12,15,22-24H,6,13-14H2/t22-,23+,24-,29-/m0/s1. The summed E-state index contributed by atoms with van der Waals surface area (Å²) in [6.07, 6.45) is 1.57. The molecule has 2 amide bonds. The van der Waals surface area contributed by atoms with E-state index in [4.69, 9.17) is 4.98 Å². The van der Waals surface area contributed by atoms with Crippen molar-refractivity contribution in [3.63, 3.8) is 0 Å². The van der Waals surface area contributed by atoms with Crippen LogP contribution >= 0.6 is 0 Å². The lowest BCUT2D eigenvalue weighted by molar-refractivity contribution is -0.384. The van der Waals surface area contributed by atoms with Crippen molar-refractivity contribution < 1.29 is 14.5 Å². The Balaban J connectivity index is 1.42. The minimum atomic E-state index is -1.12. The molecule has 4 aromatic rings. The van der Waals surface area contributed by atoms with Gasteiger partial charge in [0.25, 0.3) is 11.2 Å². The molecule has 4 atom stereocenters. The molecule has 3 saturated heterocycles. The second-order valence-electron chi connectivity index (χ2n) is 10.6. The van der Waals surface area contributed by atoms with Crippen LogP contribution in [0.5, 0.6) is 0 Å². The zero-order valence-electron chi connectivity index (χ0n) is 20.6. The first kappa shape index (κ1) is 22.3. The monoisotopic (exact) mass is 519 g/mol. The van der Waals surface area contributed by atoms with Crippen molar-refractivity contribution in [2.45, 2.75) is 24.4 Å². The maximum Gasteiger partial charge on any atom is 0.271 e. The van der Waals surface area contributed by atoms with Crippen molar-refractivity contribution in [2.75, 3.05) is 11.4 Å². The van der Waals surface area contributed by atoms with Gasteiger partial charge in [0.1, 0.15) is 11.4 Å². The summed E-state index contributed by atoms with van der Waals surface area (Å²) in [6, 6.07) is 20.1. The van der Waals surface area contributed by atoms with Crippen molar-refractivity contribution >= 4 is 34.1 Å². The molecule has 0 unspecified atom stereocenters. The van der Waals surface area contributed by atoms with Gasteiger partial charge in [0.2, 0.25) is 11.8 Å². The highest BCUT2D eigenvalue weighted by atomic mass is 16.6. The smallest absolute Gasteiger partial charge is 0.271 e. The van der Waals surface area contributed by atoms with Crippen molar-refractivity contribution in [2.24, 2.45) is 11.8 Å². The van der Waals surface area contributed by atoms with Gasteiger partial charge in [-0.3, -0.25) is 34.0 Å². The molecule has 3 fully saturated rings. The second-order valence-corrected chi connectivity index (χ2v) is 10.6. The Kier molecular flexibility index (Phi) is 4.26. The number of hydrogen-bond donors (Lipinski definition) is 0. The molecule has 0 radical (unpaired) electrons. The molecule has 10 heteroatoms. The van der Waals surface area contributed by atoms with Crippen LogP contribution in [0.15, 0.2) is 77.6 Å². The fraction of sp³-hybridized carbons (Fsp3) is 0.241. The first-order valence-corrected chi connectivity index (χ1v) is 13.0. The third kappa shape index (κ3) is 2.54. The zero-order chi connectivity index (χ0) is 26.6. The Labute approximate surface area is 221 Å². The van der Waals surface area contributed by atoms with Crippen molar-refractivity contribution in [3.8, 4) is 5.69 Å². The number of para-hydroxylation sites is 2. The molecule has 8 rings (SSSR count). The number of carbonyl (C=O) groups is 2. The molecule has 4 aliphatic heterocycles. The molecule has 4 aliphatic rings. The predicted molar refractivity (Wildman–Crippen MR) is 140 cm³/mol. The molecule has 39 heavy (non-hydrogen) atoms. The maximum atomic E-state index is 14.4. The number of anilines is 1. The van der Waals surface area contributed by atoms with E-state index in [9.17, 15) is 24.5 Å². The minimum absolute atomic E-state index is 0.184. The van der Waals surface area contributed by atoms with Gasteiger partial charge in [0, 0.05) is 23.7 Å². The molecule has 0 saturated carbocycles. The van der Waals surface area contributed by atoms with Crippen LogP contribution < -0.4 is 10.5 Å². The number of nitro groups is 1. The van der Waals surface area contributed by atoms with E-state index in [0.717, 1.165) is 23.3 Å². The van der Waals surface area contributed by atoms with E-state index in [0.29, 0.717) is 29.0 Å². The lowest BCUT2D eigenvalue weighted by Crippen LogP contribution is -2.51. The van der Waals surface area contributed by atoms with Gasteiger partial charge in [0.05, 0.1) is 39.0 Å². The van der Waals surface area contributed by atoms with Crippen LogP contribution in [0.4, 0.5) is 11.4 Å². The number of benzene rings is 3. The number of fused-ring (bicyclic) bond motifs is 11. The normalized spacial score (nSPS) is 26.8. The van der Waals surface area contributed by atoms with Crippen LogP contribution in [-0.4, -0.2) is 43.8 Å². The van der Waals surface area contributed by atoms with Gasteiger partial charge >= 0.3 is 0 Å². The summed E-state index contributed by atoms with van der Waals surface area (Å²) in [6.45, 7) is 0.659. The van der Waals surface area contributed by atoms with Crippen molar-refractivity contribution in [1.29, 1.82) is 0 Å². The maximum absolute atomic E-state index is 14.4. The summed E-state index contributed by atoms with van der Waals surface area (Å²) in [7, 11) is 0. The largest absolute Gasteiger partial charge is 0.283 e. The third-order valence-corrected chi connectivity index (χ3v) is 8.94. The summed E-state index contributed by atoms with van der Waals surface area (Å²) in [4.78, 5) is 61.7. The van der Waals surface area contributed by atoms with Crippen LogP contribution in [0.3, 0.4) is 0 Å². The minimum Gasteiger partial charge on any atom is -0.283 e. The zero-order valence-corrected chi connectivity index (χ0v) is 20.6. The van der Waals surface area contributed by atoms with Gasteiger partial charge in [-0.1, -0.05) is 36.4 Å². The molecular weight excluding hydrogens is 498 g/mol. The Morgan fingerprint density at radius 1 is 0.949 bits per heavy atom. The second kappa shape index (κ2) is 7.45. The summed E-state index contributed by atoms with van der Waals surface area (Å²) in [5.41, 5.74) is 0.636. The average molecular weight is 520 g/mol. The van der Waals surface area contributed by atoms with E-state index in [1.807, 2.05) is 30.3 Å². The Morgan fingerprint density at radius 3 is 2.59 bits per heavy atom. The van der Waals surface area contributed by atoms with E-state index >= 15 is 0 Å². The predicted octanol–water partition coefficient (Wildman–Crippen LogP) is 3.13. The van der Waals surface area contributed by atoms with Crippen molar-refractivity contribution in [3.05, 3.63) is 105 Å². The number of carbonyl (C=O) groups excluding carboxylic acids is 2. The van der Waals surface area contributed by atoms with Gasteiger partial charge in [-0.2, -0.15) is 0 Å². The van der Waals surface area contributed by atoms with E-state index in [1.165, 1.54) is 18.2 Å². The Morgan fingerprint density at radius 2 is 1.74 bits per heavy atom. The Bertz CT molecular complexity index is 1850. The topological polar surface area (TPSA) is 119 Å². The van der Waals surface area contributed by atoms with Gasteiger partial charge in [-0.25, -0.2) is 9.88 Å². The lowest BCUT2D eigenvalue weighted by Gasteiger charge is -2.38. The molecule has 192 valence electrons. The number of rotatable bonds is 2. The molecule has 3 aromatic carbocycles. The van der Waals surface area contributed by atoms with Crippen LogP contribution in [0.25, 0.3) is 16.6 Å². The van der Waals surface area contributed by atoms with E-state index < -0.39 is 28.2 Å². The summed E-state index contributed by atoms with van der Waals surface area (Å²) in [5.74, 6) is -1.84. The summed E-state index contributed by atoms with van der Waals surface area (Å²) < 4.78 is 1.61. The van der Waals surface area contributed by atoms with Gasteiger partial charge < -0.3 is 0 Å². The van der Waals surface area contributed by atoms with Gasteiger partial charge in [-0.05, 0) is 43.7 Å². The molecule has 1 aromatic heterocycles. The van der Waals surface area contributed by atoms with E-state index in [1.54, 1.807) is 28.8 Å². The number of nitrogens with zero attached hydrogens (tertiary/aromatic N) is 5. The average Bonchev–Trinajstić information content (AvgIpc) is 3.66. The van der Waals surface area contributed by atoms with Crippen LogP contribution in [0.1, 0.15) is 24.2 Å². The first-order chi connectivity index (χ1) is 18.9. The number of amides is 2. The number of aromatic nitrogens is 2. The molecule has 0 N–H and O–H groups in total. The van der Waals surface area contributed by atoms with Gasteiger partial charge in [-0.15, -0.1) is 0 Å². The third-order valence-electron chi connectivity index (χ3n) is 8.94. The fourth-order valence-corrected chi connectivity index (χ4v) is 7.61. The molecule has 1 spiro atoms. The molecule has 10 nitrogen and oxygen atoms in total. The van der Waals surface area contributed by atoms with Crippen LogP contribution in [0, 0.1) is 22.0 Å².